The van der Waals surface area contributed by atoms with Gasteiger partial charge in [-0.25, -0.2) is 19.4 Å². The van der Waals surface area contributed by atoms with E-state index in [0.717, 1.165) is 51.8 Å². The number of carbonyl (C=O) groups excluding carboxylic acids is 1. The fraction of sp³-hybridized carbons (Fsp3) is 0.237. The first kappa shape index (κ1) is 32.2. The topological polar surface area (TPSA) is 119 Å². The molecule has 0 aliphatic rings. The average molecular weight is 641 g/mol. The van der Waals surface area contributed by atoms with E-state index in [4.69, 9.17) is 9.84 Å². The summed E-state index contributed by atoms with van der Waals surface area (Å²) in [6.45, 7) is 10.8. The maximum absolute atomic E-state index is 13.4. The normalized spacial score (nSPS) is 11.4. The second kappa shape index (κ2) is 13.9. The molecule has 3 N–H and O–H groups in total. The van der Waals surface area contributed by atoms with Crippen molar-refractivity contribution in [2.75, 3.05) is 16.0 Å². The van der Waals surface area contributed by atoms with Crippen LogP contribution in [-0.2, 0) is 18.4 Å². The van der Waals surface area contributed by atoms with Gasteiger partial charge in [0.05, 0.1) is 29.0 Å². The number of carbonyl (C=O) groups is 1. The molecule has 0 radical (unpaired) electrons. The molecule has 0 fully saturated rings. The Balaban J connectivity index is 1.17. The molecule has 6 aromatic rings. The molecule has 0 aliphatic heterocycles. The highest BCUT2D eigenvalue weighted by Gasteiger charge is 2.22. The van der Waals surface area contributed by atoms with E-state index in [1.54, 1.807) is 23.3 Å². The second-order valence-electron chi connectivity index (χ2n) is 12.8. The number of hydrogen-bond donors (Lipinski definition) is 3. The quantitative estimate of drug-likeness (QED) is 0.137. The minimum Gasteiger partial charge on any atom is -0.488 e. The summed E-state index contributed by atoms with van der Waals surface area (Å²) in [5, 5.41) is 15.9. The molecule has 0 atom stereocenters. The molecule has 0 aliphatic carbocycles. The lowest BCUT2D eigenvalue weighted by Gasteiger charge is -2.15. The maximum Gasteiger partial charge on any atom is 0.324 e. The van der Waals surface area contributed by atoms with Crippen LogP contribution in [0.3, 0.4) is 0 Å². The number of aryl methyl sites for hydroxylation is 2. The van der Waals surface area contributed by atoms with Gasteiger partial charge in [-0.15, -0.1) is 0 Å². The third kappa shape index (κ3) is 7.60. The van der Waals surface area contributed by atoms with Crippen molar-refractivity contribution in [1.29, 1.82) is 0 Å². The molecule has 3 heterocycles. The number of rotatable bonds is 10. The van der Waals surface area contributed by atoms with Gasteiger partial charge < -0.3 is 15.4 Å². The molecule has 6 rings (SSSR count). The highest BCUT2D eigenvalue weighted by Crippen LogP contribution is 2.33. The van der Waals surface area contributed by atoms with Crippen LogP contribution in [0.1, 0.15) is 56.6 Å². The minimum atomic E-state index is -0.371. The van der Waals surface area contributed by atoms with Gasteiger partial charge in [0, 0.05) is 34.6 Å². The fourth-order valence-electron chi connectivity index (χ4n) is 5.26. The maximum atomic E-state index is 13.4. The Morgan fingerprint density at radius 1 is 0.896 bits per heavy atom. The lowest BCUT2D eigenvalue weighted by atomic mass is 9.92. The van der Waals surface area contributed by atoms with Gasteiger partial charge >= 0.3 is 6.03 Å². The smallest absolute Gasteiger partial charge is 0.324 e. The molecule has 3 aromatic heterocycles. The van der Waals surface area contributed by atoms with E-state index in [1.165, 1.54) is 0 Å². The first-order valence-corrected chi connectivity index (χ1v) is 16.1. The zero-order chi connectivity index (χ0) is 33.7. The van der Waals surface area contributed by atoms with Gasteiger partial charge in [0.25, 0.3) is 0 Å². The molecule has 0 saturated heterocycles. The van der Waals surface area contributed by atoms with E-state index >= 15 is 0 Å². The minimum absolute atomic E-state index is 0.196. The van der Waals surface area contributed by atoms with E-state index in [0.29, 0.717) is 35.5 Å². The summed E-state index contributed by atoms with van der Waals surface area (Å²) >= 11 is 0. The average Bonchev–Trinajstić information content (AvgIpc) is 3.49. The number of nitrogens with zero attached hydrogens (tertiary/aromatic N) is 5. The Morgan fingerprint density at radius 2 is 1.69 bits per heavy atom. The molecule has 10 nitrogen and oxygen atoms in total. The predicted molar refractivity (Wildman–Crippen MR) is 191 cm³/mol. The van der Waals surface area contributed by atoms with Crippen molar-refractivity contribution in [3.63, 3.8) is 0 Å². The van der Waals surface area contributed by atoms with Gasteiger partial charge in [0.2, 0.25) is 0 Å². The van der Waals surface area contributed by atoms with Crippen molar-refractivity contribution in [3.05, 3.63) is 120 Å². The van der Waals surface area contributed by atoms with Gasteiger partial charge in [-0.1, -0.05) is 76.1 Å². The number of ether oxygens (including phenoxy) is 1. The van der Waals surface area contributed by atoms with Crippen LogP contribution in [0.15, 0.2) is 97.5 Å². The standard InChI is InChI=1S/C38H40N8O2/c1-6-9-27-22-39-23-35(41-27)43-34-20-26(18-19-40-34)24-48-32-17-16-31(29-10-7-8-11-30(29)32)42-37(47)44-36-21-33(38(3,4)5)45-46(36)28-14-12-25(2)13-15-28/h7-8,10-23H,6,9,24H2,1-5H3,(H,40,41,43)(H2,42,44,47). The molecule has 48 heavy (non-hydrogen) atoms. The summed E-state index contributed by atoms with van der Waals surface area (Å²) in [6.07, 6.45) is 7.09. The van der Waals surface area contributed by atoms with Crippen LogP contribution in [0.4, 0.5) is 27.9 Å². The molecule has 10 heteroatoms. The number of pyridine rings is 1. The Bertz CT molecular complexity index is 2050. The second-order valence-corrected chi connectivity index (χ2v) is 12.8. The van der Waals surface area contributed by atoms with Crippen molar-refractivity contribution in [1.82, 2.24) is 24.7 Å². The van der Waals surface area contributed by atoms with Crippen LogP contribution in [0.2, 0.25) is 0 Å². The molecule has 0 unspecified atom stereocenters. The molecule has 0 saturated carbocycles. The molecule has 3 aromatic carbocycles. The molecular weight excluding hydrogens is 600 g/mol. The van der Waals surface area contributed by atoms with E-state index in [-0.39, 0.29) is 11.4 Å². The third-order valence-electron chi connectivity index (χ3n) is 7.80. The van der Waals surface area contributed by atoms with Crippen molar-refractivity contribution in [2.24, 2.45) is 0 Å². The Morgan fingerprint density at radius 3 is 2.46 bits per heavy atom. The number of fused-ring (bicyclic) bond motifs is 1. The van der Waals surface area contributed by atoms with Gasteiger partial charge in [-0.2, -0.15) is 5.10 Å². The molecular formula is C38H40N8O2. The van der Waals surface area contributed by atoms with Crippen LogP contribution in [0.25, 0.3) is 16.5 Å². The van der Waals surface area contributed by atoms with Crippen LogP contribution < -0.4 is 20.7 Å². The largest absolute Gasteiger partial charge is 0.488 e. The Labute approximate surface area is 280 Å². The number of hydrogen-bond acceptors (Lipinski definition) is 7. The van der Waals surface area contributed by atoms with Gasteiger partial charge in [0.15, 0.2) is 0 Å². The summed E-state index contributed by atoms with van der Waals surface area (Å²) in [4.78, 5) is 26.8. The van der Waals surface area contributed by atoms with Crippen LogP contribution in [0, 0.1) is 6.92 Å². The Kier molecular flexibility index (Phi) is 9.33. The molecule has 0 spiro atoms. The highest BCUT2D eigenvalue weighted by molar-refractivity contribution is 6.07. The van der Waals surface area contributed by atoms with Gasteiger partial charge in [-0.3, -0.25) is 10.3 Å². The van der Waals surface area contributed by atoms with Crippen LogP contribution >= 0.6 is 0 Å². The van der Waals surface area contributed by atoms with E-state index in [2.05, 4.69) is 58.6 Å². The predicted octanol–water partition coefficient (Wildman–Crippen LogP) is 8.74. The van der Waals surface area contributed by atoms with Crippen molar-refractivity contribution in [3.8, 4) is 11.4 Å². The van der Waals surface area contributed by atoms with Crippen molar-refractivity contribution < 1.29 is 9.53 Å². The van der Waals surface area contributed by atoms with E-state index in [1.807, 2.05) is 85.8 Å². The van der Waals surface area contributed by atoms with Crippen LogP contribution in [0.5, 0.6) is 5.75 Å². The first-order chi connectivity index (χ1) is 23.2. The summed E-state index contributed by atoms with van der Waals surface area (Å²) < 4.78 is 8.07. The SMILES string of the molecule is CCCc1cncc(Nc2cc(COc3ccc(NC(=O)Nc4cc(C(C)(C)C)nn4-c4ccc(C)cc4)c4ccccc34)ccn2)n1. The third-order valence-corrected chi connectivity index (χ3v) is 7.80. The number of aromatic nitrogens is 5. The number of nitrogens with one attached hydrogen (secondary N) is 3. The summed E-state index contributed by atoms with van der Waals surface area (Å²) in [7, 11) is 0. The summed E-state index contributed by atoms with van der Waals surface area (Å²) in [6, 6.07) is 25.0. The van der Waals surface area contributed by atoms with Crippen LogP contribution in [-0.4, -0.2) is 30.8 Å². The fourth-order valence-corrected chi connectivity index (χ4v) is 5.26. The number of anilines is 4. The monoisotopic (exact) mass is 640 g/mol. The summed E-state index contributed by atoms with van der Waals surface area (Å²) in [5.41, 5.74) is 5.23. The lowest BCUT2D eigenvalue weighted by molar-refractivity contribution is 0.262. The van der Waals surface area contributed by atoms with E-state index < -0.39 is 0 Å². The van der Waals surface area contributed by atoms with Gasteiger partial charge in [-0.05, 0) is 55.3 Å². The Hall–Kier alpha value is -5.77. The lowest BCUT2D eigenvalue weighted by Crippen LogP contribution is -2.21. The molecule has 2 amide bonds. The van der Waals surface area contributed by atoms with Gasteiger partial charge in [0.1, 0.15) is 29.8 Å². The zero-order valence-corrected chi connectivity index (χ0v) is 27.9. The molecule has 0 bridgehead atoms. The number of urea groups is 1. The molecule has 244 valence electrons. The zero-order valence-electron chi connectivity index (χ0n) is 27.9. The highest BCUT2D eigenvalue weighted by atomic mass is 16.5. The first-order valence-electron chi connectivity index (χ1n) is 16.1. The van der Waals surface area contributed by atoms with E-state index in [9.17, 15) is 4.79 Å². The summed E-state index contributed by atoms with van der Waals surface area (Å²) in [5.74, 6) is 2.59. The van der Waals surface area contributed by atoms with Crippen molar-refractivity contribution in [2.45, 2.75) is 59.5 Å². The number of benzene rings is 3. The number of amides is 2. The van der Waals surface area contributed by atoms with Crippen molar-refractivity contribution >= 4 is 39.9 Å².